The number of nitrogens with one attached hydrogen (secondary N) is 2. The summed E-state index contributed by atoms with van der Waals surface area (Å²) in [5, 5.41) is 4.20. The van der Waals surface area contributed by atoms with E-state index in [1.807, 2.05) is 5.32 Å². The molecule has 1 rings (SSSR count). The first-order chi connectivity index (χ1) is 8.28. The van der Waals surface area contributed by atoms with E-state index in [1.165, 1.54) is 12.1 Å². The van der Waals surface area contributed by atoms with Crippen LogP contribution in [0.4, 0.5) is 23.2 Å². The first kappa shape index (κ1) is 14.7. The molecular formula is C10H9ClF4N2O. The van der Waals surface area contributed by atoms with Crippen molar-refractivity contribution in [3.63, 3.8) is 0 Å². The lowest BCUT2D eigenvalue weighted by atomic mass is 10.3. The average Bonchev–Trinajstić information content (AvgIpc) is 2.21. The van der Waals surface area contributed by atoms with Gasteiger partial charge in [-0.3, -0.25) is 4.79 Å². The van der Waals surface area contributed by atoms with Crippen LogP contribution in [0.1, 0.15) is 0 Å². The normalized spacial score (nSPS) is 11.4. The van der Waals surface area contributed by atoms with Crippen molar-refractivity contribution >= 4 is 23.2 Å². The van der Waals surface area contributed by atoms with Gasteiger partial charge in [0.25, 0.3) is 0 Å². The summed E-state index contributed by atoms with van der Waals surface area (Å²) in [4.78, 5) is 11.2. The Morgan fingerprint density at radius 2 is 2.00 bits per heavy atom. The highest BCUT2D eigenvalue weighted by atomic mass is 35.5. The van der Waals surface area contributed by atoms with Gasteiger partial charge in [-0.15, -0.1) is 0 Å². The highest BCUT2D eigenvalue weighted by molar-refractivity contribution is 6.30. The molecular weight excluding hydrogens is 276 g/mol. The number of carbonyl (C=O) groups excluding carboxylic acids is 1. The zero-order chi connectivity index (χ0) is 13.8. The second-order valence-corrected chi connectivity index (χ2v) is 3.83. The van der Waals surface area contributed by atoms with Crippen molar-refractivity contribution in [2.45, 2.75) is 6.18 Å². The Morgan fingerprint density at radius 1 is 1.33 bits per heavy atom. The Kier molecular flexibility index (Phi) is 4.92. The third kappa shape index (κ3) is 5.33. The predicted octanol–water partition coefficient (Wildman–Crippen LogP) is 2.57. The number of anilines is 1. The zero-order valence-corrected chi connectivity index (χ0v) is 9.70. The lowest BCUT2D eigenvalue weighted by molar-refractivity contribution is -0.126. The Morgan fingerprint density at radius 3 is 2.61 bits per heavy atom. The second kappa shape index (κ2) is 6.01. The van der Waals surface area contributed by atoms with Gasteiger partial charge in [0.2, 0.25) is 5.91 Å². The van der Waals surface area contributed by atoms with Gasteiger partial charge in [-0.05, 0) is 18.2 Å². The van der Waals surface area contributed by atoms with Crippen molar-refractivity contribution in [3.8, 4) is 0 Å². The van der Waals surface area contributed by atoms with Crippen molar-refractivity contribution in [2.24, 2.45) is 0 Å². The number of halogens is 5. The molecule has 3 nitrogen and oxygen atoms in total. The largest absolute Gasteiger partial charge is 0.401 e. The van der Waals surface area contributed by atoms with Crippen molar-refractivity contribution in [1.29, 1.82) is 0 Å². The number of alkyl halides is 3. The summed E-state index contributed by atoms with van der Waals surface area (Å²) in [5.41, 5.74) is -0.179. The molecule has 0 heterocycles. The lowest BCUT2D eigenvalue weighted by Gasteiger charge is -2.09. The molecule has 0 aromatic heterocycles. The molecule has 8 heteroatoms. The molecule has 0 saturated heterocycles. The molecule has 1 aromatic rings. The minimum atomic E-state index is -4.40. The standard InChI is InChI=1S/C10H9ClF4N2O/c11-6-1-2-7(12)8(3-6)17-9(18)4-16-5-10(13,14)15/h1-3,16H,4-5H2,(H,17,18). The zero-order valence-electron chi connectivity index (χ0n) is 8.94. The fraction of sp³-hybridized carbons (Fsp3) is 0.300. The van der Waals surface area contributed by atoms with E-state index in [0.29, 0.717) is 0 Å². The maximum atomic E-state index is 13.2. The molecule has 1 amide bonds. The van der Waals surface area contributed by atoms with Gasteiger partial charge in [0.15, 0.2) is 0 Å². The number of amides is 1. The van der Waals surface area contributed by atoms with Crippen LogP contribution in [0, 0.1) is 5.82 Å². The van der Waals surface area contributed by atoms with Crippen LogP contribution < -0.4 is 10.6 Å². The molecule has 0 spiro atoms. The molecule has 0 aliphatic heterocycles. The topological polar surface area (TPSA) is 41.1 Å². The van der Waals surface area contributed by atoms with Crippen molar-refractivity contribution in [2.75, 3.05) is 18.4 Å². The summed E-state index contributed by atoms with van der Waals surface area (Å²) < 4.78 is 48.5. The third-order valence-corrected chi connectivity index (χ3v) is 2.05. The van der Waals surface area contributed by atoms with E-state index in [9.17, 15) is 22.4 Å². The highest BCUT2D eigenvalue weighted by Gasteiger charge is 2.26. The van der Waals surface area contributed by atoms with E-state index in [2.05, 4.69) is 5.32 Å². The quantitative estimate of drug-likeness (QED) is 0.835. The average molecular weight is 285 g/mol. The van der Waals surface area contributed by atoms with E-state index in [0.717, 1.165) is 6.07 Å². The second-order valence-electron chi connectivity index (χ2n) is 3.39. The van der Waals surface area contributed by atoms with Crippen LogP contribution >= 0.6 is 11.6 Å². The summed E-state index contributed by atoms with van der Waals surface area (Å²) in [6.45, 7) is -1.87. The summed E-state index contributed by atoms with van der Waals surface area (Å²) in [6, 6.07) is 3.49. The minimum absolute atomic E-state index is 0.179. The fourth-order valence-electron chi connectivity index (χ4n) is 1.11. The van der Waals surface area contributed by atoms with E-state index in [4.69, 9.17) is 11.6 Å². The molecule has 0 unspecified atom stereocenters. The van der Waals surface area contributed by atoms with Crippen LogP contribution in [-0.4, -0.2) is 25.2 Å². The summed E-state index contributed by atoms with van der Waals surface area (Å²) >= 11 is 5.58. The van der Waals surface area contributed by atoms with Crippen LogP contribution in [0.5, 0.6) is 0 Å². The summed E-state index contributed by atoms with van der Waals surface area (Å²) in [6.07, 6.45) is -4.40. The van der Waals surface area contributed by atoms with E-state index < -0.39 is 31.0 Å². The van der Waals surface area contributed by atoms with Gasteiger partial charge >= 0.3 is 6.18 Å². The molecule has 100 valence electrons. The van der Waals surface area contributed by atoms with Gasteiger partial charge in [0.1, 0.15) is 5.82 Å². The van der Waals surface area contributed by atoms with Crippen molar-refractivity contribution in [1.82, 2.24) is 5.32 Å². The number of benzene rings is 1. The Hall–Kier alpha value is -1.34. The Balaban J connectivity index is 2.47. The molecule has 0 fully saturated rings. The van der Waals surface area contributed by atoms with Crippen molar-refractivity contribution in [3.05, 3.63) is 29.0 Å². The molecule has 0 aliphatic rings. The van der Waals surface area contributed by atoms with E-state index in [-0.39, 0.29) is 10.7 Å². The van der Waals surface area contributed by atoms with E-state index >= 15 is 0 Å². The molecule has 2 N–H and O–H groups in total. The highest BCUT2D eigenvalue weighted by Crippen LogP contribution is 2.19. The van der Waals surface area contributed by atoms with Gasteiger partial charge in [-0.1, -0.05) is 11.6 Å². The molecule has 1 aromatic carbocycles. The lowest BCUT2D eigenvalue weighted by Crippen LogP contribution is -2.35. The summed E-state index contributed by atoms with van der Waals surface area (Å²) in [5.74, 6) is -1.51. The molecule has 0 radical (unpaired) electrons. The van der Waals surface area contributed by atoms with Crippen LogP contribution in [0.25, 0.3) is 0 Å². The monoisotopic (exact) mass is 284 g/mol. The molecule has 18 heavy (non-hydrogen) atoms. The van der Waals surface area contributed by atoms with Crippen LogP contribution in [0.2, 0.25) is 5.02 Å². The third-order valence-electron chi connectivity index (χ3n) is 1.81. The number of carbonyl (C=O) groups is 1. The maximum Gasteiger partial charge on any atom is 0.401 e. The van der Waals surface area contributed by atoms with Crippen molar-refractivity contribution < 1.29 is 22.4 Å². The first-order valence-corrected chi connectivity index (χ1v) is 5.18. The fourth-order valence-corrected chi connectivity index (χ4v) is 1.28. The minimum Gasteiger partial charge on any atom is -0.322 e. The van der Waals surface area contributed by atoms with E-state index in [1.54, 1.807) is 0 Å². The van der Waals surface area contributed by atoms with Gasteiger partial charge in [-0.2, -0.15) is 13.2 Å². The molecule has 0 aliphatic carbocycles. The van der Waals surface area contributed by atoms with Gasteiger partial charge in [0.05, 0.1) is 18.8 Å². The van der Waals surface area contributed by atoms with Gasteiger partial charge < -0.3 is 10.6 Å². The summed E-state index contributed by atoms with van der Waals surface area (Å²) in [7, 11) is 0. The first-order valence-electron chi connectivity index (χ1n) is 4.80. The smallest absolute Gasteiger partial charge is 0.322 e. The molecule has 0 saturated carbocycles. The Bertz CT molecular complexity index is 436. The predicted molar refractivity (Wildman–Crippen MR) is 59.0 cm³/mol. The maximum absolute atomic E-state index is 13.2. The number of hydrogen-bond acceptors (Lipinski definition) is 2. The van der Waals surface area contributed by atoms with Crippen LogP contribution in [0.3, 0.4) is 0 Å². The SMILES string of the molecule is O=C(CNCC(F)(F)F)Nc1cc(Cl)ccc1F. The molecule has 0 bridgehead atoms. The van der Waals surface area contributed by atoms with Gasteiger partial charge in [-0.25, -0.2) is 4.39 Å². The van der Waals surface area contributed by atoms with Gasteiger partial charge in [0, 0.05) is 5.02 Å². The number of rotatable bonds is 4. The molecule has 0 atom stereocenters. The van der Waals surface area contributed by atoms with Crippen LogP contribution in [-0.2, 0) is 4.79 Å². The Labute approximate surface area is 105 Å². The number of hydrogen-bond donors (Lipinski definition) is 2. The van der Waals surface area contributed by atoms with Crippen LogP contribution in [0.15, 0.2) is 18.2 Å².